The van der Waals surface area contributed by atoms with Crippen LogP contribution in [0, 0.1) is 5.41 Å². The van der Waals surface area contributed by atoms with Gasteiger partial charge < -0.3 is 5.11 Å². The number of aliphatic hydroxyl groups is 1. The Morgan fingerprint density at radius 1 is 1.58 bits per heavy atom. The van der Waals surface area contributed by atoms with Crippen LogP contribution in [0.2, 0.25) is 0 Å². The van der Waals surface area contributed by atoms with Crippen LogP contribution >= 0.6 is 11.3 Å². The highest BCUT2D eigenvalue weighted by molar-refractivity contribution is 7.10. The van der Waals surface area contributed by atoms with Gasteiger partial charge in [0.2, 0.25) is 0 Å². The maximum atomic E-state index is 9.55. The quantitative estimate of drug-likeness (QED) is 0.708. The maximum absolute atomic E-state index is 9.55. The monoisotopic (exact) mass is 182 g/mol. The molecule has 1 saturated carbocycles. The molecule has 2 heteroatoms. The minimum absolute atomic E-state index is 0.0881. The summed E-state index contributed by atoms with van der Waals surface area (Å²) in [6.45, 7) is 4.29. The van der Waals surface area contributed by atoms with Gasteiger partial charge in [0.25, 0.3) is 0 Å². The Morgan fingerprint density at radius 3 is 2.75 bits per heavy atom. The molecule has 0 bridgehead atoms. The summed E-state index contributed by atoms with van der Waals surface area (Å²) >= 11 is 1.80. The van der Waals surface area contributed by atoms with E-state index in [1.54, 1.807) is 11.3 Å². The van der Waals surface area contributed by atoms with Crippen LogP contribution in [0.1, 0.15) is 31.1 Å². The van der Waals surface area contributed by atoms with E-state index in [0.717, 1.165) is 6.42 Å². The highest BCUT2D eigenvalue weighted by Crippen LogP contribution is 2.53. The van der Waals surface area contributed by atoms with Crippen molar-refractivity contribution in [2.75, 3.05) is 0 Å². The Hall–Kier alpha value is -0.340. The molecule has 1 N–H and O–H groups in total. The molecule has 2 rings (SSSR count). The number of rotatable bonds is 1. The first-order valence-corrected chi connectivity index (χ1v) is 5.22. The van der Waals surface area contributed by atoms with Gasteiger partial charge in [-0.25, -0.2) is 0 Å². The van der Waals surface area contributed by atoms with Gasteiger partial charge in [-0.15, -0.1) is 11.3 Å². The largest absolute Gasteiger partial charge is 0.393 e. The highest BCUT2D eigenvalue weighted by atomic mass is 32.1. The molecule has 0 amide bonds. The molecule has 12 heavy (non-hydrogen) atoms. The summed E-state index contributed by atoms with van der Waals surface area (Å²) in [4.78, 5) is 1.42. The molecule has 1 nitrogen and oxygen atoms in total. The number of hydrogen-bond acceptors (Lipinski definition) is 2. The van der Waals surface area contributed by atoms with Crippen molar-refractivity contribution in [3.05, 3.63) is 22.4 Å². The third kappa shape index (κ3) is 1.02. The second-order valence-electron chi connectivity index (χ2n) is 4.14. The SMILES string of the molecule is CC1(C)C(O)CC1c1cccs1. The van der Waals surface area contributed by atoms with E-state index in [1.165, 1.54) is 4.88 Å². The average molecular weight is 182 g/mol. The molecule has 2 atom stereocenters. The van der Waals surface area contributed by atoms with Gasteiger partial charge in [0.1, 0.15) is 0 Å². The second kappa shape index (κ2) is 2.57. The normalized spacial score (nSPS) is 32.9. The smallest absolute Gasteiger partial charge is 0.0603 e. The van der Waals surface area contributed by atoms with Crippen molar-refractivity contribution < 1.29 is 5.11 Å². The van der Waals surface area contributed by atoms with E-state index in [4.69, 9.17) is 0 Å². The standard InChI is InChI=1S/C10H14OS/c1-10(2)7(6-9(10)11)8-4-3-5-12-8/h3-5,7,9,11H,6H2,1-2H3. The van der Waals surface area contributed by atoms with Gasteiger partial charge in [0, 0.05) is 10.8 Å². The highest BCUT2D eigenvalue weighted by Gasteiger charge is 2.48. The lowest BCUT2D eigenvalue weighted by Gasteiger charge is -2.49. The summed E-state index contributed by atoms with van der Waals surface area (Å²) in [5, 5.41) is 11.7. The molecule has 0 radical (unpaired) electrons. The third-order valence-corrected chi connectivity index (χ3v) is 4.09. The molecular weight excluding hydrogens is 168 g/mol. The predicted molar refractivity (Wildman–Crippen MR) is 51.5 cm³/mol. The molecule has 0 aliphatic heterocycles. The van der Waals surface area contributed by atoms with Crippen LogP contribution in [0.15, 0.2) is 17.5 Å². The Bertz CT molecular complexity index is 263. The van der Waals surface area contributed by atoms with E-state index in [-0.39, 0.29) is 11.5 Å². The summed E-state index contributed by atoms with van der Waals surface area (Å²) in [7, 11) is 0. The van der Waals surface area contributed by atoms with E-state index in [1.807, 2.05) is 0 Å². The Morgan fingerprint density at radius 2 is 2.33 bits per heavy atom. The van der Waals surface area contributed by atoms with Crippen molar-refractivity contribution in [2.24, 2.45) is 5.41 Å². The summed E-state index contributed by atoms with van der Waals surface area (Å²) in [5.74, 6) is 0.576. The molecule has 2 unspecified atom stereocenters. The minimum atomic E-state index is -0.107. The molecule has 0 spiro atoms. The van der Waals surface area contributed by atoms with E-state index >= 15 is 0 Å². The summed E-state index contributed by atoms with van der Waals surface area (Å²) in [6.07, 6.45) is 0.831. The fourth-order valence-corrected chi connectivity index (χ4v) is 2.91. The van der Waals surface area contributed by atoms with Crippen LogP contribution in [0.25, 0.3) is 0 Å². The van der Waals surface area contributed by atoms with Gasteiger partial charge in [-0.05, 0) is 23.3 Å². The number of hydrogen-bond donors (Lipinski definition) is 1. The average Bonchev–Trinajstić information content (AvgIpc) is 2.51. The van der Waals surface area contributed by atoms with Crippen molar-refractivity contribution >= 4 is 11.3 Å². The van der Waals surface area contributed by atoms with Crippen LogP contribution < -0.4 is 0 Å². The lowest BCUT2D eigenvalue weighted by molar-refractivity contribution is -0.0613. The number of thiophene rings is 1. The lowest BCUT2D eigenvalue weighted by Crippen LogP contribution is -2.46. The zero-order chi connectivity index (χ0) is 8.77. The van der Waals surface area contributed by atoms with Crippen molar-refractivity contribution in [1.82, 2.24) is 0 Å². The second-order valence-corrected chi connectivity index (χ2v) is 5.12. The van der Waals surface area contributed by atoms with Crippen LogP contribution in [0.3, 0.4) is 0 Å². The van der Waals surface area contributed by atoms with Gasteiger partial charge in [0.05, 0.1) is 6.10 Å². The van der Waals surface area contributed by atoms with Crippen LogP contribution in [0.5, 0.6) is 0 Å². The first-order valence-electron chi connectivity index (χ1n) is 4.34. The van der Waals surface area contributed by atoms with E-state index in [2.05, 4.69) is 31.4 Å². The van der Waals surface area contributed by atoms with Gasteiger partial charge in [-0.1, -0.05) is 19.9 Å². The molecule has 1 aromatic rings. The maximum Gasteiger partial charge on any atom is 0.0603 e. The summed E-state index contributed by atoms with van der Waals surface area (Å²) in [5.41, 5.74) is 0.0881. The van der Waals surface area contributed by atoms with Crippen LogP contribution in [0.4, 0.5) is 0 Å². The molecule has 1 fully saturated rings. The van der Waals surface area contributed by atoms with E-state index < -0.39 is 0 Å². The molecule has 0 saturated heterocycles. The zero-order valence-electron chi connectivity index (χ0n) is 7.45. The van der Waals surface area contributed by atoms with E-state index in [9.17, 15) is 5.11 Å². The van der Waals surface area contributed by atoms with Crippen LogP contribution in [-0.2, 0) is 0 Å². The fraction of sp³-hybridized carbons (Fsp3) is 0.600. The molecule has 1 heterocycles. The predicted octanol–water partition coefficient (Wildman–Crippen LogP) is 2.62. The molecule has 1 aliphatic carbocycles. The summed E-state index contributed by atoms with van der Waals surface area (Å²) < 4.78 is 0. The summed E-state index contributed by atoms with van der Waals surface area (Å²) in [6, 6.07) is 4.25. The first-order chi connectivity index (χ1) is 5.62. The van der Waals surface area contributed by atoms with Gasteiger partial charge in [-0.2, -0.15) is 0 Å². The Kier molecular flexibility index (Phi) is 1.77. The Balaban J connectivity index is 2.19. The van der Waals surface area contributed by atoms with Crippen molar-refractivity contribution in [2.45, 2.75) is 32.3 Å². The molecule has 0 aromatic carbocycles. The van der Waals surface area contributed by atoms with Gasteiger partial charge >= 0.3 is 0 Å². The molecule has 66 valence electrons. The topological polar surface area (TPSA) is 20.2 Å². The molecule has 1 aromatic heterocycles. The minimum Gasteiger partial charge on any atom is -0.393 e. The first kappa shape index (κ1) is 8.27. The van der Waals surface area contributed by atoms with Crippen molar-refractivity contribution in [3.8, 4) is 0 Å². The Labute approximate surface area is 77.0 Å². The fourth-order valence-electron chi connectivity index (χ4n) is 1.87. The lowest BCUT2D eigenvalue weighted by atomic mass is 9.60. The van der Waals surface area contributed by atoms with Gasteiger partial charge in [0.15, 0.2) is 0 Å². The van der Waals surface area contributed by atoms with E-state index in [0.29, 0.717) is 5.92 Å². The third-order valence-electron chi connectivity index (χ3n) is 3.10. The molecule has 1 aliphatic rings. The van der Waals surface area contributed by atoms with Crippen molar-refractivity contribution in [3.63, 3.8) is 0 Å². The van der Waals surface area contributed by atoms with Gasteiger partial charge in [-0.3, -0.25) is 0 Å². The van der Waals surface area contributed by atoms with Crippen molar-refractivity contribution in [1.29, 1.82) is 0 Å². The van der Waals surface area contributed by atoms with Crippen LogP contribution in [-0.4, -0.2) is 11.2 Å². The number of aliphatic hydroxyl groups excluding tert-OH is 1. The zero-order valence-corrected chi connectivity index (χ0v) is 8.27. The molecular formula is C10H14OS.